The number of likely N-dealkylation sites (tertiary alicyclic amines) is 2. The van der Waals surface area contributed by atoms with Crippen molar-refractivity contribution in [2.24, 2.45) is 10.9 Å². The van der Waals surface area contributed by atoms with Crippen molar-refractivity contribution >= 4 is 5.96 Å². The summed E-state index contributed by atoms with van der Waals surface area (Å²) in [6.07, 6.45) is -2.35. The predicted octanol–water partition coefficient (Wildman–Crippen LogP) is 1.56. The number of halogens is 3. The van der Waals surface area contributed by atoms with Gasteiger partial charge in [-0.15, -0.1) is 0 Å². The van der Waals surface area contributed by atoms with Crippen LogP contribution in [0, 0.1) is 5.92 Å². The lowest BCUT2D eigenvalue weighted by Gasteiger charge is -2.25. The van der Waals surface area contributed by atoms with E-state index in [0.717, 1.165) is 32.1 Å². The summed E-state index contributed by atoms with van der Waals surface area (Å²) in [7, 11) is 1.70. The predicted molar refractivity (Wildman–Crippen MR) is 83.6 cm³/mol. The van der Waals surface area contributed by atoms with Gasteiger partial charge < -0.3 is 15.0 Å². The fraction of sp³-hybridized carbons (Fsp3) is 0.933. The topological polar surface area (TPSA) is 40.1 Å². The molecule has 2 heterocycles. The second-order valence-electron chi connectivity index (χ2n) is 6.33. The van der Waals surface area contributed by atoms with E-state index in [1.54, 1.807) is 7.11 Å². The molecule has 0 radical (unpaired) electrons. The van der Waals surface area contributed by atoms with Crippen molar-refractivity contribution in [3.63, 3.8) is 0 Å². The van der Waals surface area contributed by atoms with E-state index in [1.165, 1.54) is 4.90 Å². The third-order valence-corrected chi connectivity index (χ3v) is 4.30. The van der Waals surface area contributed by atoms with Crippen LogP contribution in [0.25, 0.3) is 0 Å². The lowest BCUT2D eigenvalue weighted by atomic mass is 10.1. The highest BCUT2D eigenvalue weighted by molar-refractivity contribution is 5.80. The van der Waals surface area contributed by atoms with E-state index in [9.17, 15) is 13.2 Å². The van der Waals surface area contributed by atoms with Crippen LogP contribution < -0.4 is 5.32 Å². The molecule has 0 bridgehead atoms. The van der Waals surface area contributed by atoms with E-state index in [2.05, 4.69) is 15.2 Å². The smallest absolute Gasteiger partial charge is 0.384 e. The highest BCUT2D eigenvalue weighted by Gasteiger charge is 2.35. The van der Waals surface area contributed by atoms with Gasteiger partial charge in [-0.25, -0.2) is 0 Å². The molecule has 2 aliphatic rings. The van der Waals surface area contributed by atoms with Crippen LogP contribution in [0.15, 0.2) is 4.99 Å². The molecule has 8 heteroatoms. The van der Waals surface area contributed by atoms with Gasteiger partial charge >= 0.3 is 6.18 Å². The van der Waals surface area contributed by atoms with Gasteiger partial charge in [0.1, 0.15) is 0 Å². The number of ether oxygens (including phenoxy) is 1. The van der Waals surface area contributed by atoms with E-state index in [0.29, 0.717) is 32.0 Å². The normalized spacial score (nSPS) is 27.0. The van der Waals surface area contributed by atoms with Crippen molar-refractivity contribution in [3.8, 4) is 0 Å². The molecule has 0 aromatic heterocycles. The fourth-order valence-corrected chi connectivity index (χ4v) is 3.31. The van der Waals surface area contributed by atoms with Crippen LogP contribution in [0.5, 0.6) is 0 Å². The first-order chi connectivity index (χ1) is 10.9. The Morgan fingerprint density at radius 1 is 1.26 bits per heavy atom. The van der Waals surface area contributed by atoms with Gasteiger partial charge in [0.2, 0.25) is 0 Å². The number of rotatable bonds is 5. The number of nitrogens with zero attached hydrogens (tertiary/aromatic N) is 3. The summed E-state index contributed by atoms with van der Waals surface area (Å²) in [4.78, 5) is 8.17. The third-order valence-electron chi connectivity index (χ3n) is 4.30. The first kappa shape index (κ1) is 18.3. The van der Waals surface area contributed by atoms with Crippen molar-refractivity contribution in [2.75, 3.05) is 53.0 Å². The molecular formula is C15H27F3N4O. The summed E-state index contributed by atoms with van der Waals surface area (Å²) >= 11 is 0. The lowest BCUT2D eigenvalue weighted by molar-refractivity contribution is -0.143. The number of guanidine groups is 1. The summed E-state index contributed by atoms with van der Waals surface area (Å²) in [5.74, 6) is 1.32. The molecule has 2 saturated heterocycles. The maximum Gasteiger partial charge on any atom is 0.401 e. The molecule has 0 saturated carbocycles. The summed E-state index contributed by atoms with van der Waals surface area (Å²) in [5.41, 5.74) is 0. The Morgan fingerprint density at radius 2 is 2.04 bits per heavy atom. The van der Waals surface area contributed by atoms with Gasteiger partial charge in [0, 0.05) is 51.8 Å². The Morgan fingerprint density at radius 3 is 2.70 bits per heavy atom. The average Bonchev–Trinajstić information content (AvgIpc) is 3.07. The zero-order valence-corrected chi connectivity index (χ0v) is 13.9. The molecule has 1 N–H and O–H groups in total. The summed E-state index contributed by atoms with van der Waals surface area (Å²) in [6, 6.07) is 0.0316. The van der Waals surface area contributed by atoms with Crippen molar-refractivity contribution in [1.29, 1.82) is 0 Å². The molecular weight excluding hydrogens is 309 g/mol. The van der Waals surface area contributed by atoms with Crippen LogP contribution in [0.1, 0.15) is 19.8 Å². The minimum atomic E-state index is -4.13. The fourth-order valence-electron chi connectivity index (χ4n) is 3.31. The molecule has 0 aromatic rings. The first-order valence-corrected chi connectivity index (χ1v) is 8.25. The second kappa shape index (κ2) is 8.19. The standard InChI is InChI=1S/C15H27F3N4O/c1-3-19-14(22-7-4-12(8-22)10-23-2)20-13-5-6-21(9-13)11-15(16,17)18/h12-13H,3-11H2,1-2H3,(H,19,20). The highest BCUT2D eigenvalue weighted by atomic mass is 19.4. The van der Waals surface area contributed by atoms with Gasteiger partial charge in [-0.2, -0.15) is 13.2 Å². The van der Waals surface area contributed by atoms with Gasteiger partial charge in [0.25, 0.3) is 0 Å². The maximum absolute atomic E-state index is 12.5. The van der Waals surface area contributed by atoms with Crippen LogP contribution in [-0.2, 0) is 4.74 Å². The Bertz CT molecular complexity index is 403. The van der Waals surface area contributed by atoms with Crippen LogP contribution >= 0.6 is 0 Å². The Balaban J connectivity index is 1.85. The molecule has 5 nitrogen and oxygen atoms in total. The highest BCUT2D eigenvalue weighted by Crippen LogP contribution is 2.21. The average molecular weight is 336 g/mol. The Kier molecular flexibility index (Phi) is 6.52. The zero-order chi connectivity index (χ0) is 16.9. The van der Waals surface area contributed by atoms with Gasteiger partial charge in [0.15, 0.2) is 5.96 Å². The van der Waals surface area contributed by atoms with E-state index in [4.69, 9.17) is 4.74 Å². The summed E-state index contributed by atoms with van der Waals surface area (Å²) < 4.78 is 42.6. The minimum absolute atomic E-state index is 0.0316. The van der Waals surface area contributed by atoms with E-state index >= 15 is 0 Å². The molecule has 23 heavy (non-hydrogen) atoms. The van der Waals surface area contributed by atoms with Crippen molar-refractivity contribution < 1.29 is 17.9 Å². The number of alkyl halides is 3. The van der Waals surface area contributed by atoms with Gasteiger partial charge in [-0.05, 0) is 19.8 Å². The van der Waals surface area contributed by atoms with Crippen molar-refractivity contribution in [3.05, 3.63) is 0 Å². The number of hydrogen-bond acceptors (Lipinski definition) is 3. The van der Waals surface area contributed by atoms with Crippen LogP contribution in [0.4, 0.5) is 13.2 Å². The largest absolute Gasteiger partial charge is 0.401 e. The zero-order valence-electron chi connectivity index (χ0n) is 13.9. The van der Waals surface area contributed by atoms with Crippen LogP contribution in [-0.4, -0.2) is 81.0 Å². The maximum atomic E-state index is 12.5. The molecule has 2 atom stereocenters. The summed E-state index contributed by atoms with van der Waals surface area (Å²) in [5, 5.41) is 3.36. The molecule has 2 rings (SSSR count). The molecule has 0 spiro atoms. The van der Waals surface area contributed by atoms with E-state index < -0.39 is 12.7 Å². The second-order valence-corrected chi connectivity index (χ2v) is 6.33. The van der Waals surface area contributed by atoms with Gasteiger partial charge in [0.05, 0.1) is 13.2 Å². The third kappa shape index (κ3) is 5.84. The SMILES string of the molecule is CCN=C(NC1CCN(CC(F)(F)F)C1)N1CCC(COC)C1. The molecule has 2 unspecified atom stereocenters. The van der Waals surface area contributed by atoms with Crippen LogP contribution in [0.2, 0.25) is 0 Å². The quantitative estimate of drug-likeness (QED) is 0.611. The van der Waals surface area contributed by atoms with E-state index in [-0.39, 0.29) is 6.04 Å². The Hall–Kier alpha value is -1.02. The van der Waals surface area contributed by atoms with Crippen molar-refractivity contribution in [1.82, 2.24) is 15.1 Å². The minimum Gasteiger partial charge on any atom is -0.384 e. The first-order valence-electron chi connectivity index (χ1n) is 8.25. The van der Waals surface area contributed by atoms with Gasteiger partial charge in [-0.1, -0.05) is 0 Å². The van der Waals surface area contributed by atoms with Gasteiger partial charge in [-0.3, -0.25) is 9.89 Å². The number of methoxy groups -OCH3 is 1. The number of hydrogen-bond donors (Lipinski definition) is 1. The molecule has 134 valence electrons. The molecule has 0 amide bonds. The molecule has 0 aromatic carbocycles. The van der Waals surface area contributed by atoms with Crippen LogP contribution in [0.3, 0.4) is 0 Å². The van der Waals surface area contributed by atoms with Crippen molar-refractivity contribution in [2.45, 2.75) is 32.0 Å². The number of aliphatic imine (C=N–C) groups is 1. The van der Waals surface area contributed by atoms with E-state index in [1.807, 2.05) is 6.92 Å². The number of nitrogens with one attached hydrogen (secondary N) is 1. The lowest BCUT2D eigenvalue weighted by Crippen LogP contribution is -2.46. The molecule has 2 fully saturated rings. The molecule has 2 aliphatic heterocycles. The molecule has 0 aliphatic carbocycles. The summed E-state index contributed by atoms with van der Waals surface area (Å²) in [6.45, 7) is 5.23. The Labute approximate surface area is 135 Å². The monoisotopic (exact) mass is 336 g/mol.